The maximum Gasteiger partial charge on any atom is 0.135 e. The summed E-state index contributed by atoms with van der Waals surface area (Å²) < 4.78 is 5.25. The van der Waals surface area contributed by atoms with Gasteiger partial charge in [-0.2, -0.15) is 0 Å². The topological polar surface area (TPSA) is 29.5 Å². The molecule has 0 fully saturated rings. The number of ether oxygens (including phenoxy) is 1. The second kappa shape index (κ2) is 4.90. The van der Waals surface area contributed by atoms with Gasteiger partial charge in [-0.05, 0) is 36.4 Å². The molecule has 0 amide bonds. The zero-order valence-electron chi connectivity index (χ0n) is 10.2. The van der Waals surface area contributed by atoms with Gasteiger partial charge >= 0.3 is 0 Å². The van der Waals surface area contributed by atoms with Crippen LogP contribution in [0.25, 0.3) is 0 Å². The quantitative estimate of drug-likeness (QED) is 0.901. The van der Waals surface area contributed by atoms with Crippen LogP contribution in [0.5, 0.6) is 5.75 Å². The van der Waals surface area contributed by atoms with E-state index in [-0.39, 0.29) is 0 Å². The Hall–Kier alpha value is -1.32. The van der Waals surface area contributed by atoms with Gasteiger partial charge in [-0.1, -0.05) is 23.8 Å². The maximum absolute atomic E-state index is 10.4. The number of methoxy groups -OCH3 is 1. The van der Waals surface area contributed by atoms with Crippen LogP contribution in [0.15, 0.2) is 29.6 Å². The van der Waals surface area contributed by atoms with Gasteiger partial charge in [0.25, 0.3) is 0 Å². The Bertz CT molecular complexity index is 517. The van der Waals surface area contributed by atoms with Crippen LogP contribution in [-0.4, -0.2) is 12.2 Å². The SMILES string of the molecule is COc1ccsc1C(O)c1cc(C)ccc1C. The molecule has 0 aliphatic carbocycles. The molecule has 1 heterocycles. The Morgan fingerprint density at radius 3 is 2.71 bits per heavy atom. The van der Waals surface area contributed by atoms with Crippen molar-refractivity contribution < 1.29 is 9.84 Å². The van der Waals surface area contributed by atoms with E-state index in [1.807, 2.05) is 37.4 Å². The van der Waals surface area contributed by atoms with Gasteiger partial charge in [0.15, 0.2) is 0 Å². The van der Waals surface area contributed by atoms with Crippen LogP contribution in [-0.2, 0) is 0 Å². The van der Waals surface area contributed by atoms with Crippen LogP contribution in [0, 0.1) is 13.8 Å². The smallest absolute Gasteiger partial charge is 0.135 e. The summed E-state index contributed by atoms with van der Waals surface area (Å²) in [6, 6.07) is 8.00. The average Bonchev–Trinajstić information content (AvgIpc) is 2.79. The predicted octanol–water partition coefficient (Wildman–Crippen LogP) is 3.46. The molecule has 1 aromatic carbocycles. The van der Waals surface area contributed by atoms with E-state index in [0.717, 1.165) is 27.3 Å². The van der Waals surface area contributed by atoms with Crippen molar-refractivity contribution >= 4 is 11.3 Å². The van der Waals surface area contributed by atoms with E-state index in [4.69, 9.17) is 4.74 Å². The minimum absolute atomic E-state index is 0.607. The van der Waals surface area contributed by atoms with Gasteiger partial charge in [0.1, 0.15) is 11.9 Å². The fourth-order valence-electron chi connectivity index (χ4n) is 1.87. The lowest BCUT2D eigenvalue weighted by Crippen LogP contribution is -2.02. The largest absolute Gasteiger partial charge is 0.495 e. The molecule has 17 heavy (non-hydrogen) atoms. The van der Waals surface area contributed by atoms with Crippen molar-refractivity contribution in [2.75, 3.05) is 7.11 Å². The van der Waals surface area contributed by atoms with Gasteiger partial charge in [-0.3, -0.25) is 0 Å². The minimum atomic E-state index is -0.607. The molecular weight excluding hydrogens is 232 g/mol. The molecule has 0 aliphatic heterocycles. The minimum Gasteiger partial charge on any atom is -0.495 e. The van der Waals surface area contributed by atoms with Crippen molar-refractivity contribution in [2.45, 2.75) is 20.0 Å². The fourth-order valence-corrected chi connectivity index (χ4v) is 2.73. The first kappa shape index (κ1) is 12.1. The van der Waals surface area contributed by atoms with Crippen molar-refractivity contribution in [3.63, 3.8) is 0 Å². The highest BCUT2D eigenvalue weighted by atomic mass is 32.1. The van der Waals surface area contributed by atoms with Crippen LogP contribution in [0.4, 0.5) is 0 Å². The molecule has 3 heteroatoms. The van der Waals surface area contributed by atoms with Gasteiger partial charge < -0.3 is 9.84 Å². The third-order valence-electron chi connectivity index (χ3n) is 2.85. The summed E-state index contributed by atoms with van der Waals surface area (Å²) in [4.78, 5) is 0.862. The van der Waals surface area contributed by atoms with Crippen molar-refractivity contribution in [3.05, 3.63) is 51.2 Å². The molecule has 1 aromatic heterocycles. The average molecular weight is 248 g/mol. The Labute approximate surface area is 105 Å². The monoisotopic (exact) mass is 248 g/mol. The van der Waals surface area contributed by atoms with E-state index in [0.29, 0.717) is 0 Å². The molecule has 90 valence electrons. The van der Waals surface area contributed by atoms with E-state index in [1.54, 1.807) is 7.11 Å². The van der Waals surface area contributed by atoms with Crippen LogP contribution < -0.4 is 4.74 Å². The number of aryl methyl sites for hydroxylation is 2. The third kappa shape index (κ3) is 2.35. The second-order valence-corrected chi connectivity index (χ2v) is 5.06. The summed E-state index contributed by atoms with van der Waals surface area (Å²) in [5.74, 6) is 0.753. The number of aliphatic hydroxyl groups is 1. The fraction of sp³-hybridized carbons (Fsp3) is 0.286. The Balaban J connectivity index is 2.43. The summed E-state index contributed by atoms with van der Waals surface area (Å²) in [6.07, 6.45) is -0.607. The van der Waals surface area contributed by atoms with Crippen molar-refractivity contribution in [3.8, 4) is 5.75 Å². The number of hydrogen-bond acceptors (Lipinski definition) is 3. The maximum atomic E-state index is 10.4. The first-order valence-corrected chi connectivity index (χ1v) is 6.38. The lowest BCUT2D eigenvalue weighted by molar-refractivity contribution is 0.218. The normalized spacial score (nSPS) is 12.5. The van der Waals surface area contributed by atoms with Gasteiger partial charge in [0, 0.05) is 0 Å². The lowest BCUT2D eigenvalue weighted by Gasteiger charge is -2.14. The lowest BCUT2D eigenvalue weighted by atomic mass is 10.00. The van der Waals surface area contributed by atoms with Crippen molar-refractivity contribution in [2.24, 2.45) is 0 Å². The van der Waals surface area contributed by atoms with E-state index >= 15 is 0 Å². The summed E-state index contributed by atoms with van der Waals surface area (Å²) in [7, 11) is 1.63. The molecule has 2 rings (SSSR count). The van der Waals surface area contributed by atoms with Crippen LogP contribution >= 0.6 is 11.3 Å². The first-order chi connectivity index (χ1) is 8.13. The standard InChI is InChI=1S/C14H16O2S/c1-9-4-5-10(2)11(8-9)13(15)14-12(16-3)6-7-17-14/h4-8,13,15H,1-3H3. The van der Waals surface area contributed by atoms with Crippen LogP contribution in [0.3, 0.4) is 0 Å². The molecule has 2 aromatic rings. The number of benzene rings is 1. The molecule has 0 bridgehead atoms. The van der Waals surface area contributed by atoms with Crippen molar-refractivity contribution in [1.29, 1.82) is 0 Å². The Morgan fingerprint density at radius 1 is 1.24 bits per heavy atom. The summed E-state index contributed by atoms with van der Waals surface area (Å²) in [5, 5.41) is 12.4. The third-order valence-corrected chi connectivity index (χ3v) is 3.81. The van der Waals surface area contributed by atoms with Gasteiger partial charge in [-0.15, -0.1) is 11.3 Å². The summed E-state index contributed by atoms with van der Waals surface area (Å²) >= 11 is 1.52. The zero-order valence-corrected chi connectivity index (χ0v) is 11.0. The molecule has 1 atom stereocenters. The Morgan fingerprint density at radius 2 is 2.00 bits per heavy atom. The van der Waals surface area contributed by atoms with Gasteiger partial charge in [0.05, 0.1) is 12.0 Å². The number of rotatable bonds is 3. The van der Waals surface area contributed by atoms with Crippen molar-refractivity contribution in [1.82, 2.24) is 0 Å². The summed E-state index contributed by atoms with van der Waals surface area (Å²) in [5.41, 5.74) is 3.20. The highest BCUT2D eigenvalue weighted by Gasteiger charge is 2.18. The molecule has 0 aliphatic rings. The van der Waals surface area contributed by atoms with Gasteiger partial charge in [-0.25, -0.2) is 0 Å². The van der Waals surface area contributed by atoms with Gasteiger partial charge in [0.2, 0.25) is 0 Å². The number of thiophene rings is 1. The molecule has 0 spiro atoms. The van der Waals surface area contributed by atoms with E-state index in [2.05, 4.69) is 6.07 Å². The van der Waals surface area contributed by atoms with E-state index in [9.17, 15) is 5.11 Å². The molecule has 0 saturated heterocycles. The molecular formula is C14H16O2S. The van der Waals surface area contributed by atoms with E-state index < -0.39 is 6.10 Å². The zero-order chi connectivity index (χ0) is 12.4. The second-order valence-electron chi connectivity index (χ2n) is 4.12. The molecule has 1 N–H and O–H groups in total. The highest BCUT2D eigenvalue weighted by molar-refractivity contribution is 7.10. The molecule has 0 saturated carbocycles. The van der Waals surface area contributed by atoms with E-state index in [1.165, 1.54) is 11.3 Å². The Kier molecular flexibility index (Phi) is 3.50. The van der Waals surface area contributed by atoms with Crippen LogP contribution in [0.1, 0.15) is 27.7 Å². The molecule has 2 nitrogen and oxygen atoms in total. The number of hydrogen-bond donors (Lipinski definition) is 1. The number of aliphatic hydroxyl groups excluding tert-OH is 1. The highest BCUT2D eigenvalue weighted by Crippen LogP contribution is 2.35. The van der Waals surface area contributed by atoms with Crippen LogP contribution in [0.2, 0.25) is 0 Å². The molecule has 0 radical (unpaired) electrons. The molecule has 1 unspecified atom stereocenters. The summed E-state index contributed by atoms with van der Waals surface area (Å²) in [6.45, 7) is 4.04. The predicted molar refractivity (Wildman–Crippen MR) is 70.8 cm³/mol. The first-order valence-electron chi connectivity index (χ1n) is 5.50.